The molecule has 0 spiro atoms. The highest BCUT2D eigenvalue weighted by Gasteiger charge is 2.58. The first-order valence-corrected chi connectivity index (χ1v) is 11.7. The van der Waals surface area contributed by atoms with Gasteiger partial charge < -0.3 is 14.9 Å². The maximum atomic E-state index is 13.7. The van der Waals surface area contributed by atoms with Gasteiger partial charge in [-0.1, -0.05) is 45.7 Å². The quantitative estimate of drug-likeness (QED) is 0.810. The van der Waals surface area contributed by atoms with E-state index in [4.69, 9.17) is 0 Å². The fourth-order valence-corrected chi connectivity index (χ4v) is 6.89. The van der Waals surface area contributed by atoms with Gasteiger partial charge in [-0.05, 0) is 48.3 Å². The van der Waals surface area contributed by atoms with E-state index in [1.165, 1.54) is 18.4 Å². The molecule has 5 nitrogen and oxygen atoms in total. The van der Waals surface area contributed by atoms with Crippen molar-refractivity contribution in [3.05, 3.63) is 29.3 Å². The van der Waals surface area contributed by atoms with Crippen LogP contribution in [0, 0.1) is 11.3 Å². The van der Waals surface area contributed by atoms with Crippen LogP contribution in [0.5, 0.6) is 5.75 Å². The normalized spacial score (nSPS) is 33.1. The molecule has 2 bridgehead atoms. The Morgan fingerprint density at radius 3 is 2.60 bits per heavy atom. The fraction of sp³-hybridized carbons (Fsp3) is 0.680. The minimum absolute atomic E-state index is 0.0418. The van der Waals surface area contributed by atoms with E-state index in [-0.39, 0.29) is 34.6 Å². The molecule has 3 atom stereocenters. The van der Waals surface area contributed by atoms with Gasteiger partial charge in [0, 0.05) is 37.0 Å². The summed E-state index contributed by atoms with van der Waals surface area (Å²) in [5, 5.41) is 10.6. The van der Waals surface area contributed by atoms with Gasteiger partial charge in [0.05, 0.1) is 5.92 Å². The van der Waals surface area contributed by atoms with Crippen molar-refractivity contribution < 1.29 is 14.7 Å². The maximum absolute atomic E-state index is 13.7. The molecular weight excluding hydrogens is 376 g/mol. The Labute approximate surface area is 179 Å². The third kappa shape index (κ3) is 2.66. The van der Waals surface area contributed by atoms with Gasteiger partial charge in [-0.15, -0.1) is 0 Å². The second-order valence-corrected chi connectivity index (χ2v) is 10.7. The molecule has 30 heavy (non-hydrogen) atoms. The predicted octanol–water partition coefficient (Wildman–Crippen LogP) is 3.62. The lowest BCUT2D eigenvalue weighted by molar-refractivity contribution is -0.148. The molecule has 2 aliphatic heterocycles. The molecule has 1 N–H and O–H groups in total. The van der Waals surface area contributed by atoms with Crippen LogP contribution in [0.25, 0.3) is 0 Å². The van der Waals surface area contributed by atoms with Crippen LogP contribution in [0.15, 0.2) is 18.2 Å². The van der Waals surface area contributed by atoms with E-state index in [1.54, 1.807) is 6.07 Å². The molecule has 4 aliphatic rings. The average molecular weight is 411 g/mol. The first kappa shape index (κ1) is 19.9. The SMILES string of the molecule is CC1(C)[C@@H]2Cc3c(O)cccc3[C@]1(C)CCN2C(=O)C1CC(=O)N(C2CCCC2)C1. The van der Waals surface area contributed by atoms with Crippen molar-refractivity contribution >= 4 is 11.8 Å². The van der Waals surface area contributed by atoms with E-state index in [0.717, 1.165) is 31.4 Å². The van der Waals surface area contributed by atoms with Gasteiger partial charge in [0.25, 0.3) is 0 Å². The third-order valence-corrected chi connectivity index (χ3v) is 9.18. The van der Waals surface area contributed by atoms with Crippen LogP contribution >= 0.6 is 0 Å². The molecule has 1 aromatic carbocycles. The highest BCUT2D eigenvalue weighted by atomic mass is 16.3. The minimum Gasteiger partial charge on any atom is -0.508 e. The number of nitrogens with zero attached hydrogens (tertiary/aromatic N) is 2. The van der Waals surface area contributed by atoms with Crippen molar-refractivity contribution in [2.75, 3.05) is 13.1 Å². The molecule has 1 saturated carbocycles. The Hall–Kier alpha value is -2.04. The van der Waals surface area contributed by atoms with Crippen molar-refractivity contribution in [2.45, 2.75) is 83.2 Å². The number of carbonyl (C=O) groups is 2. The van der Waals surface area contributed by atoms with Gasteiger partial charge in [-0.3, -0.25) is 9.59 Å². The number of amides is 2. The highest BCUT2D eigenvalue weighted by Crippen LogP contribution is 2.57. The third-order valence-electron chi connectivity index (χ3n) is 9.18. The first-order valence-electron chi connectivity index (χ1n) is 11.7. The van der Waals surface area contributed by atoms with Crippen LogP contribution < -0.4 is 0 Å². The Balaban J connectivity index is 1.42. The number of likely N-dealkylation sites (tertiary alicyclic amines) is 2. The molecule has 162 valence electrons. The van der Waals surface area contributed by atoms with Crippen molar-refractivity contribution in [1.29, 1.82) is 0 Å². The molecule has 2 saturated heterocycles. The van der Waals surface area contributed by atoms with Crippen molar-refractivity contribution in [3.8, 4) is 5.75 Å². The van der Waals surface area contributed by atoms with Crippen molar-refractivity contribution in [3.63, 3.8) is 0 Å². The molecule has 1 aromatic rings. The largest absolute Gasteiger partial charge is 0.508 e. The zero-order chi connectivity index (χ0) is 21.3. The number of benzene rings is 1. The van der Waals surface area contributed by atoms with E-state index in [2.05, 4.69) is 31.7 Å². The maximum Gasteiger partial charge on any atom is 0.228 e. The minimum atomic E-state index is -0.218. The summed E-state index contributed by atoms with van der Waals surface area (Å²) >= 11 is 0. The van der Waals surface area contributed by atoms with Crippen molar-refractivity contribution in [1.82, 2.24) is 9.80 Å². The van der Waals surface area contributed by atoms with Crippen LogP contribution in [0.3, 0.4) is 0 Å². The molecule has 0 aromatic heterocycles. The van der Waals surface area contributed by atoms with Crippen LogP contribution in [0.2, 0.25) is 0 Å². The second kappa shape index (κ2) is 6.73. The van der Waals surface area contributed by atoms with Gasteiger partial charge in [0.15, 0.2) is 0 Å². The van der Waals surface area contributed by atoms with E-state index >= 15 is 0 Å². The van der Waals surface area contributed by atoms with E-state index in [9.17, 15) is 14.7 Å². The Bertz CT molecular complexity index is 888. The van der Waals surface area contributed by atoms with Gasteiger partial charge in [0.2, 0.25) is 11.8 Å². The average Bonchev–Trinajstić information content (AvgIpc) is 3.34. The van der Waals surface area contributed by atoms with Crippen LogP contribution in [0.4, 0.5) is 0 Å². The lowest BCUT2D eigenvalue weighted by atomic mass is 9.51. The number of hydrogen-bond acceptors (Lipinski definition) is 3. The summed E-state index contributed by atoms with van der Waals surface area (Å²) in [5.74, 6) is 0.428. The highest BCUT2D eigenvalue weighted by molar-refractivity contribution is 5.90. The van der Waals surface area contributed by atoms with Crippen LogP contribution in [-0.2, 0) is 21.4 Å². The topological polar surface area (TPSA) is 60.9 Å². The summed E-state index contributed by atoms with van der Waals surface area (Å²) in [7, 11) is 0. The zero-order valence-corrected chi connectivity index (χ0v) is 18.5. The number of phenols is 1. The predicted molar refractivity (Wildman–Crippen MR) is 115 cm³/mol. The van der Waals surface area contributed by atoms with Gasteiger partial charge in [-0.25, -0.2) is 0 Å². The molecule has 2 amide bonds. The summed E-state index contributed by atoms with van der Waals surface area (Å²) in [6, 6.07) is 6.24. The van der Waals surface area contributed by atoms with E-state index in [0.29, 0.717) is 31.2 Å². The molecule has 3 fully saturated rings. The number of hydrogen-bond donors (Lipinski definition) is 1. The lowest BCUT2D eigenvalue weighted by Gasteiger charge is -2.61. The number of rotatable bonds is 2. The Kier molecular flexibility index (Phi) is 4.46. The van der Waals surface area contributed by atoms with E-state index in [1.807, 2.05) is 11.0 Å². The Morgan fingerprint density at radius 1 is 1.13 bits per heavy atom. The van der Waals surface area contributed by atoms with E-state index < -0.39 is 0 Å². The lowest BCUT2D eigenvalue weighted by Crippen LogP contribution is -2.65. The number of phenolic OH excluding ortho intramolecular Hbond substituents is 1. The summed E-state index contributed by atoms with van der Waals surface area (Å²) in [5.41, 5.74) is 2.05. The number of fused-ring (bicyclic) bond motifs is 4. The zero-order valence-electron chi connectivity index (χ0n) is 18.5. The van der Waals surface area contributed by atoms with Crippen molar-refractivity contribution in [2.24, 2.45) is 11.3 Å². The molecule has 2 aliphatic carbocycles. The smallest absolute Gasteiger partial charge is 0.228 e. The standard InChI is InChI=1S/C25H34N2O3/c1-24(2)21-14-18-19(9-6-10-20(18)28)25(24,3)11-12-26(21)23(30)16-13-22(29)27(15-16)17-7-4-5-8-17/h6,9-10,16-17,21,28H,4-5,7-8,11-15H2,1-3H3/t16?,21-,25-/m0/s1. The number of carbonyl (C=O) groups excluding carboxylic acids is 2. The van der Waals surface area contributed by atoms with Crippen LogP contribution in [0.1, 0.15) is 70.4 Å². The molecule has 1 unspecified atom stereocenters. The van der Waals surface area contributed by atoms with Gasteiger partial charge >= 0.3 is 0 Å². The van der Waals surface area contributed by atoms with Crippen LogP contribution in [-0.4, -0.2) is 51.9 Å². The summed E-state index contributed by atoms with van der Waals surface area (Å²) in [6.07, 6.45) is 6.47. The molecule has 5 rings (SSSR count). The summed E-state index contributed by atoms with van der Waals surface area (Å²) in [4.78, 5) is 30.4. The second-order valence-electron chi connectivity index (χ2n) is 10.7. The fourth-order valence-electron chi connectivity index (χ4n) is 6.89. The monoisotopic (exact) mass is 410 g/mol. The number of piperidine rings is 1. The Morgan fingerprint density at radius 2 is 1.87 bits per heavy atom. The van der Waals surface area contributed by atoms with Gasteiger partial charge in [-0.2, -0.15) is 0 Å². The first-order chi connectivity index (χ1) is 14.2. The summed E-state index contributed by atoms with van der Waals surface area (Å²) in [6.45, 7) is 8.15. The number of aromatic hydroxyl groups is 1. The summed E-state index contributed by atoms with van der Waals surface area (Å²) < 4.78 is 0. The van der Waals surface area contributed by atoms with Gasteiger partial charge in [0.1, 0.15) is 5.75 Å². The molecule has 2 heterocycles. The molecule has 5 heteroatoms. The molecular formula is C25H34N2O3. The molecule has 0 radical (unpaired) electrons.